The topological polar surface area (TPSA) is 55.3 Å². The first-order valence-electron chi connectivity index (χ1n) is 5.72. The third-order valence-electron chi connectivity index (χ3n) is 2.77. The molecular formula is C13H12BrN3OS. The van der Waals surface area contributed by atoms with E-state index >= 15 is 0 Å². The molecule has 1 aromatic carbocycles. The Balaban J connectivity index is 1.86. The average Bonchev–Trinajstić information content (AvgIpc) is 2.95. The number of benzene rings is 1. The van der Waals surface area contributed by atoms with Gasteiger partial charge in [0.2, 0.25) is 0 Å². The Morgan fingerprint density at radius 1 is 1.42 bits per heavy atom. The van der Waals surface area contributed by atoms with Crippen LogP contribution in [-0.4, -0.2) is 12.0 Å². The van der Waals surface area contributed by atoms with Gasteiger partial charge in [0.05, 0.1) is 3.79 Å². The number of thiophene rings is 1. The molecule has 0 fully saturated rings. The first-order valence-corrected chi connectivity index (χ1v) is 7.39. The summed E-state index contributed by atoms with van der Waals surface area (Å²) >= 11 is 5.13. The summed E-state index contributed by atoms with van der Waals surface area (Å²) in [6.45, 7) is 0.754. The zero-order valence-corrected chi connectivity index (χ0v) is 12.7. The lowest BCUT2D eigenvalue weighted by Gasteiger charge is -2.12. The third kappa shape index (κ3) is 2.59. The molecule has 3 rings (SSSR count). The van der Waals surface area contributed by atoms with Crippen molar-refractivity contribution in [3.63, 3.8) is 0 Å². The molecule has 19 heavy (non-hydrogen) atoms. The molecule has 0 saturated carbocycles. The molecule has 0 amide bonds. The zero-order valence-electron chi connectivity index (χ0n) is 10.3. The van der Waals surface area contributed by atoms with E-state index in [0.717, 1.165) is 21.4 Å². The van der Waals surface area contributed by atoms with Crippen molar-refractivity contribution in [1.82, 2.24) is 4.98 Å². The molecule has 0 unspecified atom stereocenters. The summed E-state index contributed by atoms with van der Waals surface area (Å²) in [7, 11) is 1.96. The van der Waals surface area contributed by atoms with Crippen LogP contribution in [0.1, 0.15) is 5.56 Å². The second-order valence-corrected chi connectivity index (χ2v) is 6.63. The number of halogens is 1. The van der Waals surface area contributed by atoms with E-state index in [9.17, 15) is 0 Å². The van der Waals surface area contributed by atoms with Gasteiger partial charge in [0.25, 0.3) is 6.01 Å². The van der Waals surface area contributed by atoms with Gasteiger partial charge in [-0.15, -0.1) is 11.3 Å². The Hall–Kier alpha value is -1.53. The van der Waals surface area contributed by atoms with E-state index < -0.39 is 0 Å². The van der Waals surface area contributed by atoms with Gasteiger partial charge >= 0.3 is 0 Å². The highest BCUT2D eigenvalue weighted by molar-refractivity contribution is 9.11. The van der Waals surface area contributed by atoms with Crippen LogP contribution < -0.4 is 10.6 Å². The van der Waals surface area contributed by atoms with Gasteiger partial charge in [0.1, 0.15) is 5.52 Å². The number of fused-ring (bicyclic) bond motifs is 1. The van der Waals surface area contributed by atoms with Crippen LogP contribution in [0.25, 0.3) is 11.1 Å². The predicted octanol–water partition coefficient (Wildman–Crippen LogP) is 3.87. The number of hydrogen-bond donors (Lipinski definition) is 1. The van der Waals surface area contributed by atoms with E-state index in [2.05, 4.69) is 32.4 Å². The highest BCUT2D eigenvalue weighted by Gasteiger charge is 2.11. The smallest absolute Gasteiger partial charge is 0.298 e. The van der Waals surface area contributed by atoms with E-state index in [-0.39, 0.29) is 0 Å². The lowest BCUT2D eigenvalue weighted by molar-refractivity contribution is 0.582. The molecule has 0 aliphatic rings. The minimum atomic E-state index is 0.600. The van der Waals surface area contributed by atoms with Crippen molar-refractivity contribution >= 4 is 50.1 Å². The molecule has 6 heteroatoms. The molecule has 2 aromatic heterocycles. The number of anilines is 2. The van der Waals surface area contributed by atoms with Crippen LogP contribution in [-0.2, 0) is 6.54 Å². The monoisotopic (exact) mass is 337 g/mol. The Morgan fingerprint density at radius 2 is 2.26 bits per heavy atom. The summed E-state index contributed by atoms with van der Waals surface area (Å²) < 4.78 is 6.84. The molecule has 0 aliphatic heterocycles. The molecular weight excluding hydrogens is 326 g/mol. The summed E-state index contributed by atoms with van der Waals surface area (Å²) in [5.41, 5.74) is 9.19. The molecule has 3 aromatic rings. The largest absolute Gasteiger partial charge is 0.423 e. The van der Waals surface area contributed by atoms with Crippen LogP contribution in [0.2, 0.25) is 0 Å². The number of aromatic nitrogens is 1. The molecule has 0 bridgehead atoms. The maximum Gasteiger partial charge on any atom is 0.298 e. The van der Waals surface area contributed by atoms with Gasteiger partial charge in [-0.3, -0.25) is 0 Å². The first-order chi connectivity index (χ1) is 9.11. The van der Waals surface area contributed by atoms with Gasteiger partial charge < -0.3 is 15.1 Å². The molecule has 0 aliphatic carbocycles. The zero-order chi connectivity index (χ0) is 13.4. The van der Waals surface area contributed by atoms with Gasteiger partial charge in [-0.1, -0.05) is 0 Å². The highest BCUT2D eigenvalue weighted by Crippen LogP contribution is 2.26. The Labute approximate surface area is 123 Å². The molecule has 2 N–H and O–H groups in total. The van der Waals surface area contributed by atoms with Crippen molar-refractivity contribution in [3.8, 4) is 0 Å². The van der Waals surface area contributed by atoms with Crippen LogP contribution in [0.4, 0.5) is 11.7 Å². The summed E-state index contributed by atoms with van der Waals surface area (Å²) in [6, 6.07) is 8.17. The van der Waals surface area contributed by atoms with Gasteiger partial charge in [0, 0.05) is 19.3 Å². The molecule has 4 nitrogen and oxygen atoms in total. The molecule has 2 heterocycles. The summed E-state index contributed by atoms with van der Waals surface area (Å²) in [5.74, 6) is 0. The Bertz CT molecular complexity index is 722. The SMILES string of the molecule is CN(Cc1csc(Br)c1)c1nc2cc(N)ccc2o1. The molecule has 0 radical (unpaired) electrons. The van der Waals surface area contributed by atoms with Crippen molar-refractivity contribution < 1.29 is 4.42 Å². The van der Waals surface area contributed by atoms with Crippen molar-refractivity contribution in [1.29, 1.82) is 0 Å². The fourth-order valence-corrected chi connectivity index (χ4v) is 3.07. The standard InChI is InChI=1S/C13H12BrN3OS/c1-17(6-8-4-12(14)19-7-8)13-16-10-5-9(15)2-3-11(10)18-13/h2-5,7H,6,15H2,1H3. The number of nitrogens with two attached hydrogens (primary N) is 1. The number of hydrogen-bond acceptors (Lipinski definition) is 5. The molecule has 0 spiro atoms. The van der Waals surface area contributed by atoms with E-state index in [4.69, 9.17) is 10.2 Å². The predicted molar refractivity (Wildman–Crippen MR) is 82.5 cm³/mol. The van der Waals surface area contributed by atoms with E-state index in [1.165, 1.54) is 5.56 Å². The van der Waals surface area contributed by atoms with Crippen LogP contribution in [0, 0.1) is 0 Å². The maximum absolute atomic E-state index is 5.74. The quantitative estimate of drug-likeness (QED) is 0.737. The summed E-state index contributed by atoms with van der Waals surface area (Å²) in [5, 5.41) is 2.11. The lowest BCUT2D eigenvalue weighted by atomic mass is 10.3. The van der Waals surface area contributed by atoms with Crippen molar-refractivity contribution in [2.45, 2.75) is 6.54 Å². The number of oxazole rings is 1. The van der Waals surface area contributed by atoms with Crippen molar-refractivity contribution in [2.24, 2.45) is 0 Å². The van der Waals surface area contributed by atoms with Gasteiger partial charge in [-0.25, -0.2) is 0 Å². The average molecular weight is 338 g/mol. The Kier molecular flexibility index (Phi) is 3.20. The second kappa shape index (κ2) is 4.86. The third-order valence-corrected chi connectivity index (χ3v) is 4.32. The molecule has 98 valence electrons. The number of nitrogen functional groups attached to an aromatic ring is 1. The summed E-state index contributed by atoms with van der Waals surface area (Å²) in [4.78, 5) is 6.42. The lowest BCUT2D eigenvalue weighted by Crippen LogP contribution is -2.15. The maximum atomic E-state index is 5.74. The van der Waals surface area contributed by atoms with Crippen LogP contribution in [0.5, 0.6) is 0 Å². The fourth-order valence-electron chi connectivity index (χ4n) is 1.87. The van der Waals surface area contributed by atoms with Crippen LogP contribution >= 0.6 is 27.3 Å². The summed E-state index contributed by atoms with van der Waals surface area (Å²) in [6.07, 6.45) is 0. The van der Waals surface area contributed by atoms with Gasteiger partial charge in [0.15, 0.2) is 5.58 Å². The van der Waals surface area contributed by atoms with Gasteiger partial charge in [-0.05, 0) is 51.1 Å². The molecule has 0 saturated heterocycles. The minimum Gasteiger partial charge on any atom is -0.423 e. The van der Waals surface area contributed by atoms with Crippen LogP contribution in [0.15, 0.2) is 37.8 Å². The highest BCUT2D eigenvalue weighted by atomic mass is 79.9. The first kappa shape index (κ1) is 12.5. The van der Waals surface area contributed by atoms with E-state index in [1.54, 1.807) is 11.3 Å². The normalized spacial score (nSPS) is 11.1. The fraction of sp³-hybridized carbons (Fsp3) is 0.154. The van der Waals surface area contributed by atoms with Crippen LogP contribution in [0.3, 0.4) is 0 Å². The number of rotatable bonds is 3. The second-order valence-electron chi connectivity index (χ2n) is 4.34. The minimum absolute atomic E-state index is 0.600. The van der Waals surface area contributed by atoms with E-state index in [0.29, 0.717) is 11.7 Å². The van der Waals surface area contributed by atoms with Crippen molar-refractivity contribution in [3.05, 3.63) is 39.0 Å². The Morgan fingerprint density at radius 3 is 3.00 bits per heavy atom. The molecule has 0 atom stereocenters. The van der Waals surface area contributed by atoms with Gasteiger partial charge in [-0.2, -0.15) is 4.98 Å². The van der Waals surface area contributed by atoms with Crippen molar-refractivity contribution in [2.75, 3.05) is 17.7 Å². The van der Waals surface area contributed by atoms with E-state index in [1.807, 2.05) is 30.1 Å². The number of nitrogens with zero attached hydrogens (tertiary/aromatic N) is 2.